The van der Waals surface area contributed by atoms with Crippen molar-refractivity contribution in [1.29, 1.82) is 5.26 Å². The Hall–Kier alpha value is -4.36. The van der Waals surface area contributed by atoms with Crippen molar-refractivity contribution in [3.63, 3.8) is 0 Å². The lowest BCUT2D eigenvalue weighted by Gasteiger charge is -2.27. The molecule has 10 heteroatoms. The van der Waals surface area contributed by atoms with Gasteiger partial charge in [0.1, 0.15) is 28.9 Å². The second kappa shape index (κ2) is 9.25. The van der Waals surface area contributed by atoms with Gasteiger partial charge in [-0.05, 0) is 36.4 Å². The molecule has 170 valence electrons. The molecule has 34 heavy (non-hydrogen) atoms. The Morgan fingerprint density at radius 2 is 1.88 bits per heavy atom. The van der Waals surface area contributed by atoms with E-state index in [0.717, 1.165) is 4.47 Å². The number of nitrogens with zero attached hydrogens (tertiary/aromatic N) is 2. The van der Waals surface area contributed by atoms with E-state index in [-0.39, 0.29) is 28.5 Å². The van der Waals surface area contributed by atoms with E-state index in [9.17, 15) is 20.2 Å². The average molecular weight is 522 g/mol. The standard InChI is InChI=1S/C24H16BrN3O6/c1-32-20-9-4-14(25)10-18(20)22-17-8-7-16(11-21(17)34-23(27)19(22)12-26)33-24(29)13-2-5-15(6-3-13)28(30)31/h2-11,22H,27H2,1H3. The fourth-order valence-electron chi connectivity index (χ4n) is 3.63. The molecular weight excluding hydrogens is 506 g/mol. The van der Waals surface area contributed by atoms with E-state index in [2.05, 4.69) is 22.0 Å². The molecule has 0 saturated carbocycles. The highest BCUT2D eigenvalue weighted by Gasteiger charge is 2.33. The topological polar surface area (TPSA) is 138 Å². The minimum Gasteiger partial charge on any atom is -0.496 e. The molecule has 0 spiro atoms. The van der Waals surface area contributed by atoms with Crippen LogP contribution in [0.4, 0.5) is 5.69 Å². The van der Waals surface area contributed by atoms with Gasteiger partial charge in [-0.15, -0.1) is 0 Å². The van der Waals surface area contributed by atoms with Gasteiger partial charge >= 0.3 is 5.97 Å². The predicted molar refractivity (Wildman–Crippen MR) is 124 cm³/mol. The number of rotatable bonds is 5. The van der Waals surface area contributed by atoms with Crippen LogP contribution in [0.15, 0.2) is 76.6 Å². The van der Waals surface area contributed by atoms with Crippen LogP contribution in [-0.2, 0) is 0 Å². The maximum atomic E-state index is 12.5. The van der Waals surface area contributed by atoms with Gasteiger partial charge in [0.2, 0.25) is 5.88 Å². The number of ether oxygens (including phenoxy) is 3. The van der Waals surface area contributed by atoms with Crippen molar-refractivity contribution in [2.24, 2.45) is 5.73 Å². The maximum Gasteiger partial charge on any atom is 0.343 e. The Morgan fingerprint density at radius 3 is 2.53 bits per heavy atom. The quantitative estimate of drug-likeness (QED) is 0.218. The van der Waals surface area contributed by atoms with E-state index in [1.54, 1.807) is 18.2 Å². The first kappa shape index (κ1) is 22.8. The van der Waals surface area contributed by atoms with E-state index in [1.165, 1.54) is 37.4 Å². The molecular formula is C24H16BrN3O6. The van der Waals surface area contributed by atoms with E-state index < -0.39 is 16.8 Å². The number of carbonyl (C=O) groups is 1. The molecule has 0 saturated heterocycles. The summed E-state index contributed by atoms with van der Waals surface area (Å²) >= 11 is 3.45. The highest BCUT2D eigenvalue weighted by Crippen LogP contribution is 2.46. The van der Waals surface area contributed by atoms with Crippen LogP contribution in [0.5, 0.6) is 17.2 Å². The Bertz CT molecular complexity index is 1380. The van der Waals surface area contributed by atoms with E-state index in [0.29, 0.717) is 22.6 Å². The molecule has 3 aromatic rings. The summed E-state index contributed by atoms with van der Waals surface area (Å²) in [7, 11) is 1.53. The first-order chi connectivity index (χ1) is 16.3. The zero-order valence-electron chi connectivity index (χ0n) is 17.7. The lowest BCUT2D eigenvalue weighted by Crippen LogP contribution is -2.21. The minimum absolute atomic E-state index is 0.0686. The predicted octanol–water partition coefficient (Wildman–Crippen LogP) is 4.80. The van der Waals surface area contributed by atoms with Crippen molar-refractivity contribution in [3.05, 3.63) is 103 Å². The van der Waals surface area contributed by atoms with Gasteiger partial charge in [0.15, 0.2) is 0 Å². The van der Waals surface area contributed by atoms with Gasteiger partial charge in [-0.1, -0.05) is 22.0 Å². The average Bonchev–Trinajstić information content (AvgIpc) is 2.83. The lowest BCUT2D eigenvalue weighted by molar-refractivity contribution is -0.384. The van der Waals surface area contributed by atoms with Gasteiger partial charge in [0.05, 0.1) is 23.5 Å². The molecule has 2 N–H and O–H groups in total. The molecule has 0 fully saturated rings. The Balaban J connectivity index is 1.69. The fourth-order valence-corrected chi connectivity index (χ4v) is 4.01. The number of benzene rings is 3. The second-order valence-corrected chi connectivity index (χ2v) is 8.12. The van der Waals surface area contributed by atoms with Crippen LogP contribution in [0.25, 0.3) is 0 Å². The van der Waals surface area contributed by atoms with Crippen LogP contribution in [0.3, 0.4) is 0 Å². The number of fused-ring (bicyclic) bond motifs is 1. The van der Waals surface area contributed by atoms with Gasteiger partial charge < -0.3 is 19.9 Å². The Morgan fingerprint density at radius 1 is 1.15 bits per heavy atom. The molecule has 0 aliphatic carbocycles. The lowest BCUT2D eigenvalue weighted by atomic mass is 9.83. The molecule has 1 atom stereocenters. The summed E-state index contributed by atoms with van der Waals surface area (Å²) in [4.78, 5) is 22.7. The van der Waals surface area contributed by atoms with Crippen molar-refractivity contribution in [2.45, 2.75) is 5.92 Å². The monoisotopic (exact) mass is 521 g/mol. The number of non-ortho nitro benzene ring substituents is 1. The molecule has 3 aromatic carbocycles. The smallest absolute Gasteiger partial charge is 0.343 e. The van der Waals surface area contributed by atoms with Crippen LogP contribution in [0, 0.1) is 21.4 Å². The Labute approximate surface area is 202 Å². The number of allylic oxidation sites excluding steroid dienone is 1. The summed E-state index contributed by atoms with van der Waals surface area (Å²) in [6.07, 6.45) is 0. The van der Waals surface area contributed by atoms with Crippen molar-refractivity contribution in [1.82, 2.24) is 0 Å². The number of carbonyl (C=O) groups excluding carboxylic acids is 1. The highest BCUT2D eigenvalue weighted by atomic mass is 79.9. The molecule has 1 aliphatic rings. The number of nitro groups is 1. The number of methoxy groups -OCH3 is 1. The number of hydrogen-bond donors (Lipinski definition) is 1. The van der Waals surface area contributed by atoms with Crippen LogP contribution in [0.1, 0.15) is 27.4 Å². The molecule has 9 nitrogen and oxygen atoms in total. The summed E-state index contributed by atoms with van der Waals surface area (Å²) in [6.45, 7) is 0. The number of nitrogens with two attached hydrogens (primary N) is 1. The number of nitro benzene ring substituents is 1. The third kappa shape index (κ3) is 4.29. The third-order valence-corrected chi connectivity index (χ3v) is 5.71. The van der Waals surface area contributed by atoms with Crippen LogP contribution >= 0.6 is 15.9 Å². The normalized spacial score (nSPS) is 14.4. The molecule has 4 rings (SSSR count). The summed E-state index contributed by atoms with van der Waals surface area (Å²) in [5.41, 5.74) is 7.64. The van der Waals surface area contributed by atoms with Gasteiger partial charge in [-0.2, -0.15) is 5.26 Å². The van der Waals surface area contributed by atoms with E-state index in [4.69, 9.17) is 19.9 Å². The van der Waals surface area contributed by atoms with Gasteiger partial charge in [-0.3, -0.25) is 10.1 Å². The largest absolute Gasteiger partial charge is 0.496 e. The molecule has 1 unspecified atom stereocenters. The highest BCUT2D eigenvalue weighted by molar-refractivity contribution is 9.10. The second-order valence-electron chi connectivity index (χ2n) is 7.20. The summed E-state index contributed by atoms with van der Waals surface area (Å²) in [5, 5.41) is 20.6. The number of hydrogen-bond acceptors (Lipinski definition) is 8. The van der Waals surface area contributed by atoms with Gasteiger partial charge in [0, 0.05) is 33.8 Å². The third-order valence-electron chi connectivity index (χ3n) is 5.22. The van der Waals surface area contributed by atoms with Crippen molar-refractivity contribution in [2.75, 3.05) is 7.11 Å². The fraction of sp³-hybridized carbons (Fsp3) is 0.0833. The molecule has 0 radical (unpaired) electrons. The van der Waals surface area contributed by atoms with Gasteiger partial charge in [0.25, 0.3) is 5.69 Å². The SMILES string of the molecule is COc1ccc(Br)cc1C1C(C#N)=C(N)Oc2cc(OC(=O)c3ccc([N+](=O)[O-])cc3)ccc21. The minimum atomic E-state index is -0.697. The molecule has 0 bridgehead atoms. The van der Waals surface area contributed by atoms with E-state index >= 15 is 0 Å². The number of halogens is 1. The number of nitriles is 1. The molecule has 0 amide bonds. The zero-order valence-corrected chi connectivity index (χ0v) is 19.2. The van der Waals surface area contributed by atoms with Crippen molar-refractivity contribution >= 4 is 27.6 Å². The van der Waals surface area contributed by atoms with Crippen molar-refractivity contribution < 1.29 is 23.9 Å². The summed E-state index contributed by atoms with van der Waals surface area (Å²) in [5.74, 6) is -0.276. The molecule has 0 aromatic heterocycles. The number of esters is 1. The molecule has 1 aliphatic heterocycles. The summed E-state index contributed by atoms with van der Waals surface area (Å²) in [6, 6.07) is 17.4. The maximum absolute atomic E-state index is 12.5. The van der Waals surface area contributed by atoms with Crippen molar-refractivity contribution in [3.8, 4) is 23.3 Å². The van der Waals surface area contributed by atoms with Crippen LogP contribution < -0.4 is 19.9 Å². The first-order valence-corrected chi connectivity index (χ1v) is 10.6. The summed E-state index contributed by atoms with van der Waals surface area (Å²) < 4.78 is 17.4. The van der Waals surface area contributed by atoms with Crippen LogP contribution in [-0.4, -0.2) is 18.0 Å². The zero-order chi connectivity index (χ0) is 24.4. The molecule has 1 heterocycles. The van der Waals surface area contributed by atoms with E-state index in [1.807, 2.05) is 12.1 Å². The van der Waals surface area contributed by atoms with Crippen LogP contribution in [0.2, 0.25) is 0 Å². The van der Waals surface area contributed by atoms with Gasteiger partial charge in [-0.25, -0.2) is 4.79 Å². The Kier molecular flexibility index (Phi) is 6.21. The first-order valence-electron chi connectivity index (χ1n) is 9.84.